The molecule has 2 bridgehead atoms. The molecule has 0 unspecified atom stereocenters. The zero-order valence-electron chi connectivity index (χ0n) is 26.8. The number of hydrazone groups is 2. The summed E-state index contributed by atoms with van der Waals surface area (Å²) < 4.78 is 27.0. The second-order valence-corrected chi connectivity index (χ2v) is 12.3. The molecule has 252 valence electrons. The predicted molar refractivity (Wildman–Crippen MR) is 191 cm³/mol. The minimum absolute atomic E-state index is 0.145. The van der Waals surface area contributed by atoms with E-state index in [-0.39, 0.29) is 22.6 Å². The Morgan fingerprint density at radius 3 is 1.51 bits per heavy atom. The van der Waals surface area contributed by atoms with Gasteiger partial charge in [0.05, 0.1) is 19.1 Å². The van der Waals surface area contributed by atoms with E-state index in [0.29, 0.717) is 24.2 Å². The second kappa shape index (κ2) is 12.6. The van der Waals surface area contributed by atoms with E-state index < -0.39 is 23.4 Å². The molecule has 0 atom stereocenters. The van der Waals surface area contributed by atoms with Gasteiger partial charge >= 0.3 is 0 Å². The zero-order valence-corrected chi connectivity index (χ0v) is 26.8. The minimum atomic E-state index is -0.528. The highest BCUT2D eigenvalue weighted by molar-refractivity contribution is 6.03. The van der Waals surface area contributed by atoms with Crippen LogP contribution in [0.1, 0.15) is 43.0 Å². The highest BCUT2D eigenvalue weighted by Gasteiger charge is 2.31. The molecular formula is C39H28F2N6O4. The number of amides is 2. The van der Waals surface area contributed by atoms with Gasteiger partial charge in [-0.2, -0.15) is 10.2 Å². The van der Waals surface area contributed by atoms with Crippen LogP contribution in [0.2, 0.25) is 0 Å². The fraction of sp³-hybridized carbons (Fsp3) is 0.0769. The van der Waals surface area contributed by atoms with Crippen molar-refractivity contribution in [1.82, 2.24) is 10.9 Å². The van der Waals surface area contributed by atoms with Crippen molar-refractivity contribution in [3.63, 3.8) is 0 Å². The molecule has 0 aromatic heterocycles. The number of nitrogens with one attached hydrogen (secondary N) is 2. The third-order valence-electron chi connectivity index (χ3n) is 9.18. The molecule has 2 amide bonds. The maximum atomic E-state index is 13.5. The Morgan fingerprint density at radius 2 is 1.06 bits per heavy atom. The van der Waals surface area contributed by atoms with Crippen LogP contribution in [-0.2, 0) is 13.1 Å². The Hall–Kier alpha value is -6.82. The van der Waals surface area contributed by atoms with Crippen molar-refractivity contribution in [1.29, 1.82) is 0 Å². The molecule has 0 saturated heterocycles. The zero-order chi connectivity index (χ0) is 35.2. The van der Waals surface area contributed by atoms with Crippen LogP contribution in [0.15, 0.2) is 107 Å². The molecule has 4 N–H and O–H groups in total. The fourth-order valence-electron chi connectivity index (χ4n) is 6.69. The summed E-state index contributed by atoms with van der Waals surface area (Å²) in [4.78, 5) is 30.4. The Balaban J connectivity index is 1.00. The molecule has 0 saturated carbocycles. The van der Waals surface area contributed by atoms with Crippen LogP contribution in [0.5, 0.6) is 11.5 Å². The smallest absolute Gasteiger partial charge is 0.271 e. The third kappa shape index (κ3) is 5.92. The quantitative estimate of drug-likeness (QED) is 0.117. The molecule has 0 fully saturated rings. The topological polar surface area (TPSA) is 130 Å². The third-order valence-corrected chi connectivity index (χ3v) is 9.18. The number of benzene rings is 6. The second-order valence-electron chi connectivity index (χ2n) is 12.3. The van der Waals surface area contributed by atoms with E-state index in [1.165, 1.54) is 24.6 Å². The van der Waals surface area contributed by atoms with Crippen LogP contribution >= 0.6 is 0 Å². The van der Waals surface area contributed by atoms with Crippen molar-refractivity contribution in [3.05, 3.63) is 142 Å². The van der Waals surface area contributed by atoms with Crippen molar-refractivity contribution >= 4 is 57.2 Å². The number of aromatic hydroxyl groups is 2. The van der Waals surface area contributed by atoms with E-state index in [2.05, 4.69) is 43.0 Å². The van der Waals surface area contributed by atoms with Gasteiger partial charge in [0, 0.05) is 57.8 Å². The number of carbonyl (C=O) groups excluding carboxylic acids is 2. The summed E-state index contributed by atoms with van der Waals surface area (Å²) in [6.45, 7) is 2.04. The van der Waals surface area contributed by atoms with Crippen LogP contribution in [0.25, 0.3) is 21.5 Å². The lowest BCUT2D eigenvalue weighted by Crippen LogP contribution is -2.46. The summed E-state index contributed by atoms with van der Waals surface area (Å²) in [5, 5.41) is 31.4. The molecule has 2 aliphatic rings. The van der Waals surface area contributed by atoms with Gasteiger partial charge in [-0.05, 0) is 94.3 Å². The first kappa shape index (κ1) is 31.4. The number of carbonyl (C=O) groups is 2. The van der Waals surface area contributed by atoms with Gasteiger partial charge in [-0.1, -0.05) is 24.3 Å². The first-order chi connectivity index (χ1) is 24.7. The summed E-state index contributed by atoms with van der Waals surface area (Å²) in [5.41, 5.74) is 10.5. The van der Waals surface area contributed by atoms with Crippen molar-refractivity contribution in [2.75, 3.05) is 16.5 Å². The summed E-state index contributed by atoms with van der Waals surface area (Å²) in [6.07, 6.45) is 2.38. The average Bonchev–Trinajstić information content (AvgIpc) is 3.13. The Morgan fingerprint density at radius 1 is 0.608 bits per heavy atom. The first-order valence-corrected chi connectivity index (χ1v) is 16.0. The molecule has 12 heteroatoms. The molecule has 0 aliphatic carbocycles. The standard InChI is InChI=1S/C39H28F2N6O4/c40-28-5-11-36(48)26(15-28)17-42-44-38(50)24-1-7-30-22(13-24)3-9-34-32(30)19-46-21-47(34)20-33-31-8-2-25(14-23(31)4-10-35(33)46)39(51)45-43-18-27-16-29(41)6-12-37(27)49/h1-18,48-49H,19-21H2,(H,44,50)(H,45,51)/b42-17+,43-18+. The maximum absolute atomic E-state index is 13.5. The number of nitrogens with zero attached hydrogens (tertiary/aromatic N) is 4. The SMILES string of the molecule is O=C(N/N=C/c1cc(F)ccc1O)c1ccc2c3c(ccc2c1)N1Cc2c(ccc4cc(C(=O)N/N=C/c5cc(F)ccc5O)ccc24)N(C3)C1. The molecule has 6 aromatic rings. The number of hydrogen-bond acceptors (Lipinski definition) is 8. The van der Waals surface area contributed by atoms with E-state index in [1.807, 2.05) is 24.3 Å². The molecule has 0 spiro atoms. The highest BCUT2D eigenvalue weighted by atomic mass is 19.1. The van der Waals surface area contributed by atoms with Gasteiger partial charge in [-0.25, -0.2) is 19.6 Å². The Bertz CT molecular complexity index is 2310. The fourth-order valence-corrected chi connectivity index (χ4v) is 6.69. The van der Waals surface area contributed by atoms with Crippen LogP contribution in [0, 0.1) is 11.6 Å². The van der Waals surface area contributed by atoms with Crippen LogP contribution < -0.4 is 20.7 Å². The van der Waals surface area contributed by atoms with Gasteiger partial charge < -0.3 is 20.0 Å². The van der Waals surface area contributed by atoms with E-state index >= 15 is 0 Å². The molecule has 51 heavy (non-hydrogen) atoms. The molecule has 8 rings (SSSR count). The molecule has 2 aliphatic heterocycles. The lowest BCUT2D eigenvalue weighted by atomic mass is 9.93. The number of hydrogen-bond donors (Lipinski definition) is 4. The van der Waals surface area contributed by atoms with Crippen molar-refractivity contribution in [2.45, 2.75) is 13.1 Å². The molecule has 6 aromatic carbocycles. The van der Waals surface area contributed by atoms with E-state index in [0.717, 1.165) is 75.0 Å². The Labute approximate surface area is 289 Å². The van der Waals surface area contributed by atoms with Crippen LogP contribution in [-0.4, -0.2) is 41.1 Å². The molecular weight excluding hydrogens is 654 g/mol. The molecule has 2 heterocycles. The maximum Gasteiger partial charge on any atom is 0.271 e. The number of anilines is 2. The monoisotopic (exact) mass is 682 g/mol. The predicted octanol–water partition coefficient (Wildman–Crippen LogP) is 6.51. The van der Waals surface area contributed by atoms with E-state index in [1.54, 1.807) is 24.3 Å². The van der Waals surface area contributed by atoms with Gasteiger partial charge in [0.2, 0.25) is 0 Å². The van der Waals surface area contributed by atoms with Crippen LogP contribution in [0.4, 0.5) is 20.2 Å². The minimum Gasteiger partial charge on any atom is -0.507 e. The molecule has 10 nitrogen and oxygen atoms in total. The number of rotatable bonds is 6. The summed E-state index contributed by atoms with van der Waals surface area (Å²) >= 11 is 0. The van der Waals surface area contributed by atoms with Gasteiger partial charge in [0.1, 0.15) is 23.1 Å². The lowest BCUT2D eigenvalue weighted by molar-refractivity contribution is 0.0947. The summed E-state index contributed by atoms with van der Waals surface area (Å²) in [5.74, 6) is -2.24. The Kier molecular flexibility index (Phi) is 7.75. The van der Waals surface area contributed by atoms with Crippen molar-refractivity contribution < 1.29 is 28.6 Å². The number of fused-ring (bicyclic) bond motifs is 10. The molecule has 0 radical (unpaired) electrons. The summed E-state index contributed by atoms with van der Waals surface area (Å²) in [6, 6.07) is 26.1. The largest absolute Gasteiger partial charge is 0.507 e. The van der Waals surface area contributed by atoms with Crippen molar-refractivity contribution in [3.8, 4) is 11.5 Å². The van der Waals surface area contributed by atoms with Gasteiger partial charge in [0.25, 0.3) is 11.8 Å². The van der Waals surface area contributed by atoms with E-state index in [4.69, 9.17) is 0 Å². The lowest BCUT2D eigenvalue weighted by Gasteiger charge is -2.45. The van der Waals surface area contributed by atoms with Crippen molar-refractivity contribution in [2.24, 2.45) is 10.2 Å². The average molecular weight is 683 g/mol. The first-order valence-electron chi connectivity index (χ1n) is 16.0. The van der Waals surface area contributed by atoms with Gasteiger partial charge in [0.15, 0.2) is 0 Å². The summed E-state index contributed by atoms with van der Waals surface area (Å²) in [7, 11) is 0. The van der Waals surface area contributed by atoms with Gasteiger partial charge in [-0.15, -0.1) is 0 Å². The van der Waals surface area contributed by atoms with Crippen LogP contribution in [0.3, 0.4) is 0 Å². The highest BCUT2D eigenvalue weighted by Crippen LogP contribution is 2.43. The number of phenolic OH excluding ortho intramolecular Hbond substituents is 2. The van der Waals surface area contributed by atoms with Gasteiger partial charge in [-0.3, -0.25) is 9.59 Å². The number of phenols is 2. The number of halogens is 2. The van der Waals surface area contributed by atoms with E-state index in [9.17, 15) is 28.6 Å². The normalized spacial score (nSPS) is 13.5.